The van der Waals surface area contributed by atoms with Crippen LogP contribution in [0, 0.1) is 0 Å². The molecule has 0 unspecified atom stereocenters. The van der Waals surface area contributed by atoms with Gasteiger partial charge in [0.15, 0.2) is 0 Å². The highest BCUT2D eigenvalue weighted by Gasteiger charge is 2.51. The highest BCUT2D eigenvalue weighted by Crippen LogP contribution is 2.54. The van der Waals surface area contributed by atoms with E-state index in [2.05, 4.69) is 345 Å². The maximum atomic E-state index is 2.75. The van der Waals surface area contributed by atoms with Gasteiger partial charge in [0.2, 0.25) is 0 Å². The Morgan fingerprint density at radius 1 is 0.281 bits per heavy atom. The summed E-state index contributed by atoms with van der Waals surface area (Å²) >= 11 is 0. The van der Waals surface area contributed by atoms with Crippen molar-refractivity contribution in [3.8, 4) is 11.1 Å². The lowest BCUT2D eigenvalue weighted by molar-refractivity contribution is 0.769. The third-order valence-electron chi connectivity index (χ3n) is 19.0. The average molecular weight is 1140 g/mol. The van der Waals surface area contributed by atoms with Crippen LogP contribution < -0.4 is 62.2 Å². The van der Waals surface area contributed by atoms with Gasteiger partial charge in [-0.1, -0.05) is 200 Å². The van der Waals surface area contributed by atoms with Gasteiger partial charge in [0.05, 0.1) is 17.1 Å². The molecule has 0 N–H and O–H groups in total. The lowest BCUT2D eigenvalue weighted by atomic mass is 9.30. The number of fused-ring (bicyclic) bond motifs is 9. The zero-order valence-electron chi connectivity index (χ0n) is 49.0. The summed E-state index contributed by atoms with van der Waals surface area (Å²) in [6.45, 7) is 0.656. The Hall–Kier alpha value is -11.2. The molecule has 0 saturated heterocycles. The van der Waals surface area contributed by atoms with E-state index in [9.17, 15) is 0 Å². The fourth-order valence-corrected chi connectivity index (χ4v) is 15.5. The molecule has 418 valence electrons. The van der Waals surface area contributed by atoms with Crippen LogP contribution >= 0.6 is 0 Å². The second-order valence-corrected chi connectivity index (χ2v) is 23.8. The van der Waals surface area contributed by atoms with Gasteiger partial charge in [-0.15, -0.1) is 0 Å². The molecule has 0 fully saturated rings. The molecule has 0 aliphatic carbocycles. The van der Waals surface area contributed by atoms with Crippen molar-refractivity contribution in [1.82, 2.24) is 0 Å². The zero-order valence-corrected chi connectivity index (χ0v) is 49.0. The van der Waals surface area contributed by atoms with E-state index in [-0.39, 0.29) is 13.4 Å². The highest BCUT2D eigenvalue weighted by atomic mass is 15.2. The molecule has 5 heterocycles. The first kappa shape index (κ1) is 51.1. The predicted octanol–water partition coefficient (Wildman–Crippen LogP) is 17.1. The van der Waals surface area contributed by atoms with Crippen molar-refractivity contribution >= 4 is 143 Å². The number of hydrogen-bond acceptors (Lipinski definition) is 6. The molecular formula is C81H58B2N6. The van der Waals surface area contributed by atoms with Gasteiger partial charge in [-0.3, -0.25) is 0 Å². The van der Waals surface area contributed by atoms with E-state index in [1.807, 2.05) is 0 Å². The number of para-hydroxylation sites is 9. The van der Waals surface area contributed by atoms with E-state index in [4.69, 9.17) is 0 Å². The molecule has 8 heteroatoms. The van der Waals surface area contributed by atoms with Crippen molar-refractivity contribution in [2.75, 3.05) is 35.9 Å². The van der Waals surface area contributed by atoms with Crippen LogP contribution in [-0.2, 0) is 6.42 Å². The van der Waals surface area contributed by atoms with Crippen LogP contribution in [0.1, 0.15) is 12.0 Å². The van der Waals surface area contributed by atoms with Crippen molar-refractivity contribution in [1.29, 1.82) is 0 Å². The molecule has 0 atom stereocenters. The van der Waals surface area contributed by atoms with Crippen molar-refractivity contribution in [2.45, 2.75) is 12.8 Å². The maximum absolute atomic E-state index is 2.75. The summed E-state index contributed by atoms with van der Waals surface area (Å²) in [5.41, 5.74) is 31.4. The number of benzene rings is 13. The number of nitrogens with zero attached hydrogens (tertiary/aromatic N) is 6. The van der Waals surface area contributed by atoms with E-state index in [0.717, 1.165) is 76.3 Å². The van der Waals surface area contributed by atoms with Gasteiger partial charge in [-0.25, -0.2) is 0 Å². The summed E-state index contributed by atoms with van der Waals surface area (Å²) in [5, 5.41) is 0. The molecule has 0 amide bonds. The van der Waals surface area contributed by atoms with Crippen molar-refractivity contribution < 1.29 is 0 Å². The molecule has 18 rings (SSSR count). The molecule has 0 aromatic heterocycles. The van der Waals surface area contributed by atoms with Gasteiger partial charge >= 0.3 is 0 Å². The van der Waals surface area contributed by atoms with Crippen LogP contribution in [-0.4, -0.2) is 20.0 Å². The third-order valence-corrected chi connectivity index (χ3v) is 19.0. The van der Waals surface area contributed by atoms with E-state index in [0.29, 0.717) is 0 Å². The molecule has 0 saturated carbocycles. The Morgan fingerprint density at radius 2 is 0.652 bits per heavy atom. The summed E-state index contributed by atoms with van der Waals surface area (Å²) in [7, 11) is 0. The first-order valence-electron chi connectivity index (χ1n) is 31.2. The lowest BCUT2D eigenvalue weighted by Gasteiger charge is -2.50. The minimum absolute atomic E-state index is 0.0845. The quantitative estimate of drug-likeness (QED) is 0.126. The molecule has 0 bridgehead atoms. The fourth-order valence-electron chi connectivity index (χ4n) is 15.5. The topological polar surface area (TPSA) is 19.4 Å². The fraction of sp³-hybridized carbons (Fsp3) is 0.0370. The molecule has 5 aliphatic heterocycles. The van der Waals surface area contributed by atoms with E-state index >= 15 is 0 Å². The molecule has 0 spiro atoms. The Bertz CT molecular complexity index is 4780. The summed E-state index contributed by atoms with van der Waals surface area (Å²) in [6.07, 6.45) is 1.88. The summed E-state index contributed by atoms with van der Waals surface area (Å²) in [4.78, 5) is 15.5. The van der Waals surface area contributed by atoms with Crippen LogP contribution in [0.15, 0.2) is 315 Å². The number of anilines is 17. The number of rotatable bonds is 10. The molecular weight excluding hydrogens is 1080 g/mol. The first-order valence-corrected chi connectivity index (χ1v) is 31.2. The van der Waals surface area contributed by atoms with Gasteiger partial charge in [0.1, 0.15) is 0 Å². The van der Waals surface area contributed by atoms with Gasteiger partial charge in [0, 0.05) is 91.7 Å². The second kappa shape index (κ2) is 20.8. The zero-order chi connectivity index (χ0) is 58.5. The first-order chi connectivity index (χ1) is 44.2. The standard InChI is InChI=1S/C81H58B2N6/c1-8-29-56(30-9-1)65-43-22-25-47-71(65)89-77-54-64(86(59-35-14-4-15-36-59)60-37-16-5-17-38-60)53-76-79(77)83(68-46-24-27-49-73(68)88(76)62-41-20-7-21-42-62)70-55-69-80-66(81(70)89)44-28-50-84(80)74-51-63(85(57-31-10-2-11-32-57)58-33-12-3-13-34-58)52-75-78(74)82(69)67-45-23-26-48-72(67)87(75)61-39-18-6-19-40-61/h1-27,29-43,45-49,51-55H,28,44,50H2. The molecule has 13 aromatic rings. The molecule has 13 aromatic carbocycles. The van der Waals surface area contributed by atoms with Crippen molar-refractivity contribution in [2.24, 2.45) is 0 Å². The smallest absolute Gasteiger partial charge is 0.252 e. The van der Waals surface area contributed by atoms with Crippen LogP contribution in [0.5, 0.6) is 0 Å². The van der Waals surface area contributed by atoms with Crippen LogP contribution in [0.2, 0.25) is 0 Å². The minimum atomic E-state index is -0.132. The van der Waals surface area contributed by atoms with E-state index in [1.165, 1.54) is 89.3 Å². The molecule has 6 nitrogen and oxygen atoms in total. The van der Waals surface area contributed by atoms with Gasteiger partial charge < -0.3 is 29.4 Å². The molecule has 89 heavy (non-hydrogen) atoms. The Balaban J connectivity index is 0.974. The largest absolute Gasteiger partial charge is 0.342 e. The summed E-state index contributed by atoms with van der Waals surface area (Å²) < 4.78 is 0. The lowest BCUT2D eigenvalue weighted by Crippen LogP contribution is -2.66. The highest BCUT2D eigenvalue weighted by molar-refractivity contribution is 7.03. The molecule has 5 aliphatic rings. The Morgan fingerprint density at radius 3 is 1.13 bits per heavy atom. The summed E-state index contributed by atoms with van der Waals surface area (Å²) in [5.74, 6) is 0. The van der Waals surface area contributed by atoms with Crippen LogP contribution in [0.4, 0.5) is 96.7 Å². The number of hydrogen-bond donors (Lipinski definition) is 0. The van der Waals surface area contributed by atoms with E-state index < -0.39 is 0 Å². The Labute approximate surface area is 520 Å². The van der Waals surface area contributed by atoms with Crippen LogP contribution in [0.25, 0.3) is 11.1 Å². The van der Waals surface area contributed by atoms with Crippen molar-refractivity contribution in [3.63, 3.8) is 0 Å². The average Bonchev–Trinajstić information content (AvgIpc) is 0.689. The summed E-state index contributed by atoms with van der Waals surface area (Å²) in [6, 6.07) is 117. The SMILES string of the molecule is c1ccc(-c2ccccc2N2c3cc(N(c4ccccc4)c4ccccc4)cc4c3B(c3ccccc3N4c3ccccc3)c3cc4c5c(c32)CCCN5c2cc(N(c3ccccc3)c3ccccc3)cc3c2B4c2ccccc2N3c2ccccc2)cc1. The normalized spacial score (nSPS) is 13.6. The predicted molar refractivity (Wildman–Crippen MR) is 376 cm³/mol. The van der Waals surface area contributed by atoms with Gasteiger partial charge in [0.25, 0.3) is 13.4 Å². The Kier molecular flexibility index (Phi) is 11.9. The van der Waals surface area contributed by atoms with Crippen molar-refractivity contribution in [3.05, 3.63) is 321 Å². The molecule has 0 radical (unpaired) electrons. The third kappa shape index (κ3) is 7.99. The van der Waals surface area contributed by atoms with Crippen LogP contribution in [0.3, 0.4) is 0 Å². The maximum Gasteiger partial charge on any atom is 0.252 e. The second-order valence-electron chi connectivity index (χ2n) is 23.8. The van der Waals surface area contributed by atoms with E-state index in [1.54, 1.807) is 0 Å². The van der Waals surface area contributed by atoms with Gasteiger partial charge in [-0.05, 0) is 172 Å². The minimum Gasteiger partial charge on any atom is -0.342 e. The monoisotopic (exact) mass is 1140 g/mol. The van der Waals surface area contributed by atoms with Gasteiger partial charge in [-0.2, -0.15) is 0 Å².